The summed E-state index contributed by atoms with van der Waals surface area (Å²) in [7, 11) is 0. The van der Waals surface area contributed by atoms with Crippen LogP contribution in [0.4, 0.5) is 0 Å². The maximum Gasteiger partial charge on any atom is 0.306 e. The van der Waals surface area contributed by atoms with E-state index in [4.69, 9.17) is 0 Å². The van der Waals surface area contributed by atoms with Gasteiger partial charge in [0.1, 0.15) is 0 Å². The van der Waals surface area contributed by atoms with Crippen LogP contribution in [-0.2, 0) is 17.8 Å². The minimum Gasteiger partial charge on any atom is -0.481 e. The first-order valence-corrected chi connectivity index (χ1v) is 7.76. The van der Waals surface area contributed by atoms with Crippen LogP contribution in [0.2, 0.25) is 0 Å². The lowest BCUT2D eigenvalue weighted by atomic mass is 9.78. The molecule has 5 heteroatoms. The summed E-state index contributed by atoms with van der Waals surface area (Å²) < 4.78 is 0. The van der Waals surface area contributed by atoms with Gasteiger partial charge in [-0.15, -0.1) is 24.8 Å². The molecule has 3 nitrogen and oxygen atoms in total. The highest BCUT2D eigenvalue weighted by Crippen LogP contribution is 2.32. The van der Waals surface area contributed by atoms with E-state index in [1.54, 1.807) is 0 Å². The number of nitrogens with zero attached hydrogens (tertiary/aromatic N) is 1. The van der Waals surface area contributed by atoms with Crippen molar-refractivity contribution in [2.45, 2.75) is 38.6 Å². The van der Waals surface area contributed by atoms with Gasteiger partial charge in [-0.3, -0.25) is 9.69 Å². The second kappa shape index (κ2) is 8.76. The van der Waals surface area contributed by atoms with Crippen LogP contribution in [-0.4, -0.2) is 29.1 Å². The van der Waals surface area contributed by atoms with Crippen LogP contribution in [0.1, 0.15) is 36.8 Å². The first kappa shape index (κ1) is 19.3. The molecule has 2 aliphatic rings. The fourth-order valence-electron chi connectivity index (χ4n) is 3.79. The van der Waals surface area contributed by atoms with Crippen molar-refractivity contribution in [1.29, 1.82) is 0 Å². The number of carboxylic acid groups (broad SMARTS) is 1. The fourth-order valence-corrected chi connectivity index (χ4v) is 3.79. The largest absolute Gasteiger partial charge is 0.481 e. The van der Waals surface area contributed by atoms with Gasteiger partial charge in [0.2, 0.25) is 0 Å². The Morgan fingerprint density at radius 2 is 1.82 bits per heavy atom. The summed E-state index contributed by atoms with van der Waals surface area (Å²) in [6.07, 6.45) is 5.31. The second-order valence-corrected chi connectivity index (χ2v) is 6.24. The zero-order valence-electron chi connectivity index (χ0n) is 12.7. The van der Waals surface area contributed by atoms with Gasteiger partial charge < -0.3 is 5.11 Å². The maximum atomic E-state index is 11.4. The smallest absolute Gasteiger partial charge is 0.306 e. The molecule has 3 rings (SSSR count). The van der Waals surface area contributed by atoms with Crippen molar-refractivity contribution in [2.24, 2.45) is 11.8 Å². The molecule has 0 spiro atoms. The molecule has 1 heterocycles. The summed E-state index contributed by atoms with van der Waals surface area (Å²) >= 11 is 0. The molecule has 2 atom stereocenters. The van der Waals surface area contributed by atoms with Gasteiger partial charge in [0.15, 0.2) is 0 Å². The van der Waals surface area contributed by atoms with Gasteiger partial charge in [-0.1, -0.05) is 37.1 Å². The average Bonchev–Trinajstić information content (AvgIpc) is 2.47. The van der Waals surface area contributed by atoms with Gasteiger partial charge >= 0.3 is 5.97 Å². The number of fused-ring (bicyclic) bond motifs is 1. The first-order valence-electron chi connectivity index (χ1n) is 7.76. The van der Waals surface area contributed by atoms with Crippen molar-refractivity contribution in [2.75, 3.05) is 13.1 Å². The van der Waals surface area contributed by atoms with Crippen molar-refractivity contribution in [3.63, 3.8) is 0 Å². The number of carboxylic acids is 1. The number of carbonyl (C=O) groups is 1. The third kappa shape index (κ3) is 4.37. The van der Waals surface area contributed by atoms with E-state index in [0.717, 1.165) is 45.3 Å². The number of halogens is 2. The Labute approximate surface area is 144 Å². The molecule has 1 aliphatic heterocycles. The molecule has 0 radical (unpaired) electrons. The highest BCUT2D eigenvalue weighted by molar-refractivity contribution is 5.85. The lowest BCUT2D eigenvalue weighted by Gasteiger charge is -2.35. The Bertz CT molecular complexity index is 495. The van der Waals surface area contributed by atoms with Crippen LogP contribution >= 0.6 is 24.8 Å². The van der Waals surface area contributed by atoms with Crippen molar-refractivity contribution in [1.82, 2.24) is 4.90 Å². The van der Waals surface area contributed by atoms with E-state index in [-0.39, 0.29) is 30.7 Å². The fraction of sp³-hybridized carbons (Fsp3) is 0.588. The molecule has 1 saturated carbocycles. The van der Waals surface area contributed by atoms with Gasteiger partial charge in [0.05, 0.1) is 5.92 Å². The summed E-state index contributed by atoms with van der Waals surface area (Å²) in [5.41, 5.74) is 2.88. The van der Waals surface area contributed by atoms with Gasteiger partial charge in [-0.25, -0.2) is 0 Å². The molecule has 0 aromatic heterocycles. The van der Waals surface area contributed by atoms with Gasteiger partial charge in [-0.05, 0) is 36.3 Å². The zero-order valence-corrected chi connectivity index (χ0v) is 14.4. The van der Waals surface area contributed by atoms with Crippen LogP contribution in [0.5, 0.6) is 0 Å². The molecule has 124 valence electrons. The lowest BCUT2D eigenvalue weighted by molar-refractivity contribution is -0.145. The zero-order chi connectivity index (χ0) is 13.9. The predicted octanol–water partition coefficient (Wildman–Crippen LogP) is 3.78. The van der Waals surface area contributed by atoms with E-state index in [1.807, 2.05) is 0 Å². The highest BCUT2D eigenvalue weighted by Gasteiger charge is 2.32. The monoisotopic (exact) mass is 345 g/mol. The van der Waals surface area contributed by atoms with Gasteiger partial charge in [0, 0.05) is 19.6 Å². The van der Waals surface area contributed by atoms with E-state index in [9.17, 15) is 9.90 Å². The van der Waals surface area contributed by atoms with E-state index in [2.05, 4.69) is 29.2 Å². The molecule has 1 aliphatic carbocycles. The van der Waals surface area contributed by atoms with Crippen LogP contribution in [0.3, 0.4) is 0 Å². The van der Waals surface area contributed by atoms with E-state index >= 15 is 0 Å². The number of aliphatic carboxylic acids is 1. The molecule has 22 heavy (non-hydrogen) atoms. The molecule has 2 unspecified atom stereocenters. The molecule has 1 aromatic carbocycles. The van der Waals surface area contributed by atoms with Gasteiger partial charge in [-0.2, -0.15) is 0 Å². The third-order valence-corrected chi connectivity index (χ3v) is 4.93. The molecule has 1 fully saturated rings. The molecule has 0 amide bonds. The number of benzene rings is 1. The average molecular weight is 346 g/mol. The number of rotatable bonds is 3. The normalized spacial score (nSPS) is 24.5. The van der Waals surface area contributed by atoms with Crippen molar-refractivity contribution < 1.29 is 9.90 Å². The summed E-state index contributed by atoms with van der Waals surface area (Å²) in [6.45, 7) is 3.00. The Morgan fingerprint density at radius 3 is 2.55 bits per heavy atom. The molecule has 1 aromatic rings. The topological polar surface area (TPSA) is 40.5 Å². The van der Waals surface area contributed by atoms with Crippen LogP contribution in [0.25, 0.3) is 0 Å². The summed E-state index contributed by atoms with van der Waals surface area (Å²) in [4.78, 5) is 13.8. The molecule has 0 saturated heterocycles. The van der Waals surface area contributed by atoms with Crippen LogP contribution in [0.15, 0.2) is 24.3 Å². The van der Waals surface area contributed by atoms with E-state index in [1.165, 1.54) is 17.5 Å². The maximum absolute atomic E-state index is 11.4. The summed E-state index contributed by atoms with van der Waals surface area (Å²) in [6, 6.07) is 8.63. The first-order chi connectivity index (χ1) is 9.74. The molecular weight excluding hydrogens is 321 g/mol. The molecule has 0 bridgehead atoms. The lowest BCUT2D eigenvalue weighted by Crippen LogP contribution is -2.39. The van der Waals surface area contributed by atoms with Crippen LogP contribution < -0.4 is 0 Å². The second-order valence-electron chi connectivity index (χ2n) is 6.24. The summed E-state index contributed by atoms with van der Waals surface area (Å²) in [5, 5.41) is 9.38. The highest BCUT2D eigenvalue weighted by atomic mass is 35.5. The van der Waals surface area contributed by atoms with E-state index < -0.39 is 5.97 Å². The van der Waals surface area contributed by atoms with Gasteiger partial charge in [0.25, 0.3) is 0 Å². The Morgan fingerprint density at radius 1 is 1.14 bits per heavy atom. The SMILES string of the molecule is Cl.Cl.O=C(O)C1CCCCC1CN1CCc2ccccc2C1. The number of hydrogen-bond acceptors (Lipinski definition) is 2. The molecule has 1 N–H and O–H groups in total. The Kier molecular flexibility index (Phi) is 7.67. The molecular formula is C17H25Cl2NO2. The van der Waals surface area contributed by atoms with E-state index in [0.29, 0.717) is 5.92 Å². The van der Waals surface area contributed by atoms with Crippen LogP contribution in [0, 0.1) is 11.8 Å². The number of hydrogen-bond donors (Lipinski definition) is 1. The quantitative estimate of drug-likeness (QED) is 0.906. The van der Waals surface area contributed by atoms with Crippen molar-refractivity contribution >= 4 is 30.8 Å². The van der Waals surface area contributed by atoms with Crippen molar-refractivity contribution in [3.05, 3.63) is 35.4 Å². The minimum atomic E-state index is -0.591. The predicted molar refractivity (Wildman–Crippen MR) is 93.0 cm³/mol. The Hall–Kier alpha value is -0.770. The standard InChI is InChI=1S/C17H23NO2.2ClH/c19-17(20)16-8-4-3-7-15(16)12-18-10-9-13-5-1-2-6-14(13)11-18;;/h1-2,5-6,15-16H,3-4,7-12H2,(H,19,20);2*1H. The minimum absolute atomic E-state index is 0. The Balaban J connectivity index is 0.00000121. The summed E-state index contributed by atoms with van der Waals surface area (Å²) in [5.74, 6) is -0.375. The van der Waals surface area contributed by atoms with Crippen molar-refractivity contribution in [3.8, 4) is 0 Å². The third-order valence-electron chi connectivity index (χ3n) is 4.93.